The van der Waals surface area contributed by atoms with Crippen molar-refractivity contribution < 1.29 is 9.66 Å². The average Bonchev–Trinajstić information content (AvgIpc) is 2.73. The molecule has 0 aliphatic rings. The summed E-state index contributed by atoms with van der Waals surface area (Å²) in [6.45, 7) is 0.0816. The number of hydrogen-bond acceptors (Lipinski definition) is 6. The van der Waals surface area contributed by atoms with Crippen molar-refractivity contribution in [3.63, 3.8) is 0 Å². The molecule has 18 heavy (non-hydrogen) atoms. The molecule has 2 aromatic rings. The minimum atomic E-state index is -0.545. The molecule has 1 heterocycles. The van der Waals surface area contributed by atoms with Crippen LogP contribution in [0, 0.1) is 10.1 Å². The number of hydrogen-bond donors (Lipinski definition) is 1. The lowest BCUT2D eigenvalue weighted by atomic mass is 10.3. The maximum atomic E-state index is 10.8. The molecular weight excluding hydrogens is 278 g/mol. The lowest BCUT2D eigenvalue weighted by molar-refractivity contribution is -0.385. The Bertz CT molecular complexity index is 587. The highest BCUT2D eigenvalue weighted by molar-refractivity contribution is 7.13. The monoisotopic (exact) mass is 285 g/mol. The van der Waals surface area contributed by atoms with E-state index in [4.69, 9.17) is 22.1 Å². The number of benzene rings is 1. The molecule has 1 aromatic carbocycles. The van der Waals surface area contributed by atoms with E-state index in [-0.39, 0.29) is 23.1 Å². The van der Waals surface area contributed by atoms with Crippen LogP contribution in [0.1, 0.15) is 5.69 Å². The number of nitrogens with zero attached hydrogens (tertiary/aromatic N) is 2. The third-order valence-electron chi connectivity index (χ3n) is 2.08. The Balaban J connectivity index is 2.20. The van der Waals surface area contributed by atoms with Crippen molar-refractivity contribution in [1.29, 1.82) is 0 Å². The molecule has 0 saturated heterocycles. The number of nitrogens with two attached hydrogens (primary N) is 1. The van der Waals surface area contributed by atoms with Crippen LogP contribution in [0.2, 0.25) is 5.02 Å². The van der Waals surface area contributed by atoms with Crippen molar-refractivity contribution in [1.82, 2.24) is 4.98 Å². The van der Waals surface area contributed by atoms with Crippen molar-refractivity contribution in [2.45, 2.75) is 6.61 Å². The van der Waals surface area contributed by atoms with E-state index in [1.54, 1.807) is 5.38 Å². The summed E-state index contributed by atoms with van der Waals surface area (Å²) >= 11 is 7.15. The molecule has 0 radical (unpaired) electrons. The standard InChI is InChI=1S/C10H8ClN3O3S/c11-7-2-1-3-8(14(15)16)9(7)17-4-6-5-18-10(12)13-6/h1-3,5H,4H2,(H2,12,13). The van der Waals surface area contributed by atoms with E-state index >= 15 is 0 Å². The Labute approximate surface area is 111 Å². The van der Waals surface area contributed by atoms with Crippen LogP contribution in [-0.2, 0) is 6.61 Å². The molecule has 8 heteroatoms. The summed E-state index contributed by atoms with van der Waals surface area (Å²) in [4.78, 5) is 14.3. The van der Waals surface area contributed by atoms with Gasteiger partial charge in [-0.1, -0.05) is 17.7 Å². The Hall–Kier alpha value is -1.86. The molecule has 0 atom stereocenters. The second-order valence-electron chi connectivity index (χ2n) is 3.31. The van der Waals surface area contributed by atoms with Gasteiger partial charge in [-0.2, -0.15) is 0 Å². The van der Waals surface area contributed by atoms with Gasteiger partial charge in [0, 0.05) is 11.4 Å². The maximum absolute atomic E-state index is 10.8. The van der Waals surface area contributed by atoms with E-state index in [1.807, 2.05) is 0 Å². The Morgan fingerprint density at radius 3 is 2.94 bits per heavy atom. The van der Waals surface area contributed by atoms with E-state index in [0.717, 1.165) is 0 Å². The Kier molecular flexibility index (Phi) is 3.63. The van der Waals surface area contributed by atoms with Gasteiger partial charge >= 0.3 is 5.69 Å². The first-order valence-corrected chi connectivity index (χ1v) is 6.09. The summed E-state index contributed by atoms with van der Waals surface area (Å²) in [6, 6.07) is 4.35. The van der Waals surface area contributed by atoms with Gasteiger partial charge in [-0.15, -0.1) is 11.3 Å². The average molecular weight is 286 g/mol. The first-order valence-electron chi connectivity index (χ1n) is 4.83. The number of halogens is 1. The van der Waals surface area contributed by atoms with Crippen LogP contribution < -0.4 is 10.5 Å². The number of para-hydroxylation sites is 1. The van der Waals surface area contributed by atoms with Crippen LogP contribution in [0.3, 0.4) is 0 Å². The predicted octanol–water partition coefficient (Wildman–Crippen LogP) is 2.87. The molecule has 2 N–H and O–H groups in total. The van der Waals surface area contributed by atoms with Crippen LogP contribution in [-0.4, -0.2) is 9.91 Å². The van der Waals surface area contributed by atoms with Crippen LogP contribution in [0.4, 0.5) is 10.8 Å². The van der Waals surface area contributed by atoms with Crippen molar-refractivity contribution >= 4 is 33.8 Å². The highest BCUT2D eigenvalue weighted by Crippen LogP contribution is 2.34. The summed E-state index contributed by atoms with van der Waals surface area (Å²) in [5.74, 6) is 0.0377. The molecule has 0 saturated carbocycles. The zero-order valence-corrected chi connectivity index (χ0v) is 10.6. The molecule has 0 spiro atoms. The number of ether oxygens (including phenoxy) is 1. The number of thiazole rings is 1. The molecule has 0 amide bonds. The third kappa shape index (κ3) is 2.69. The normalized spacial score (nSPS) is 10.3. The quantitative estimate of drug-likeness (QED) is 0.689. The molecule has 6 nitrogen and oxygen atoms in total. The number of rotatable bonds is 4. The Morgan fingerprint density at radius 2 is 2.33 bits per heavy atom. The van der Waals surface area contributed by atoms with Crippen molar-refractivity contribution in [3.8, 4) is 5.75 Å². The summed E-state index contributed by atoms with van der Waals surface area (Å²) in [5, 5.41) is 13.1. The smallest absolute Gasteiger partial charge is 0.312 e. The predicted molar refractivity (Wildman–Crippen MR) is 69.0 cm³/mol. The maximum Gasteiger partial charge on any atom is 0.312 e. The zero-order valence-electron chi connectivity index (χ0n) is 9.00. The highest BCUT2D eigenvalue weighted by atomic mass is 35.5. The lowest BCUT2D eigenvalue weighted by Crippen LogP contribution is -2.00. The van der Waals surface area contributed by atoms with Crippen molar-refractivity contribution in [3.05, 3.63) is 44.4 Å². The summed E-state index contributed by atoms with van der Waals surface area (Å²) < 4.78 is 5.34. The van der Waals surface area contributed by atoms with E-state index in [2.05, 4.69) is 4.98 Å². The van der Waals surface area contributed by atoms with Crippen LogP contribution in [0.25, 0.3) is 0 Å². The van der Waals surface area contributed by atoms with E-state index in [0.29, 0.717) is 10.8 Å². The third-order valence-corrected chi connectivity index (χ3v) is 3.10. The minimum absolute atomic E-state index is 0.0377. The fourth-order valence-electron chi connectivity index (χ4n) is 1.32. The van der Waals surface area contributed by atoms with Gasteiger partial charge in [0.2, 0.25) is 5.75 Å². The topological polar surface area (TPSA) is 91.3 Å². The number of nitrogen functional groups attached to an aromatic ring is 1. The van der Waals surface area contributed by atoms with Gasteiger partial charge in [-0.25, -0.2) is 4.98 Å². The second kappa shape index (κ2) is 5.19. The SMILES string of the molecule is Nc1nc(COc2c(Cl)cccc2[N+](=O)[O-])cs1. The summed E-state index contributed by atoms with van der Waals surface area (Å²) in [6.07, 6.45) is 0. The highest BCUT2D eigenvalue weighted by Gasteiger charge is 2.18. The molecule has 2 rings (SSSR count). The molecule has 0 bridgehead atoms. The molecular formula is C10H8ClN3O3S. The first-order chi connectivity index (χ1) is 8.58. The summed E-state index contributed by atoms with van der Waals surface area (Å²) in [7, 11) is 0. The molecule has 1 aromatic heterocycles. The van der Waals surface area contributed by atoms with Crippen molar-refractivity contribution in [2.24, 2.45) is 0 Å². The lowest BCUT2D eigenvalue weighted by Gasteiger charge is -2.06. The van der Waals surface area contributed by atoms with Crippen LogP contribution in [0.15, 0.2) is 23.6 Å². The van der Waals surface area contributed by atoms with E-state index in [9.17, 15) is 10.1 Å². The molecule has 0 aliphatic heterocycles. The fraction of sp³-hybridized carbons (Fsp3) is 0.100. The second-order valence-corrected chi connectivity index (χ2v) is 4.61. The van der Waals surface area contributed by atoms with Gasteiger partial charge in [0.15, 0.2) is 5.13 Å². The zero-order chi connectivity index (χ0) is 13.1. The van der Waals surface area contributed by atoms with Gasteiger partial charge in [0.05, 0.1) is 15.6 Å². The largest absolute Gasteiger partial charge is 0.479 e. The minimum Gasteiger partial charge on any atom is -0.479 e. The van der Waals surface area contributed by atoms with Crippen molar-refractivity contribution in [2.75, 3.05) is 5.73 Å². The summed E-state index contributed by atoms with van der Waals surface area (Å²) in [5.41, 5.74) is 5.90. The van der Waals surface area contributed by atoms with Gasteiger partial charge in [0.25, 0.3) is 0 Å². The molecule has 0 fully saturated rings. The van der Waals surface area contributed by atoms with Gasteiger partial charge in [0.1, 0.15) is 6.61 Å². The van der Waals surface area contributed by atoms with Crippen LogP contribution in [0.5, 0.6) is 5.75 Å². The number of nitro groups is 1. The number of nitro benzene ring substituents is 1. The number of aromatic nitrogens is 1. The fourth-order valence-corrected chi connectivity index (χ4v) is 2.09. The van der Waals surface area contributed by atoms with Gasteiger partial charge < -0.3 is 10.5 Å². The number of anilines is 1. The van der Waals surface area contributed by atoms with Crippen LogP contribution >= 0.6 is 22.9 Å². The van der Waals surface area contributed by atoms with Gasteiger partial charge in [-0.05, 0) is 6.07 Å². The van der Waals surface area contributed by atoms with Gasteiger partial charge in [-0.3, -0.25) is 10.1 Å². The van der Waals surface area contributed by atoms with E-state index < -0.39 is 4.92 Å². The molecule has 94 valence electrons. The van der Waals surface area contributed by atoms with E-state index in [1.165, 1.54) is 29.5 Å². The first kappa shape index (κ1) is 12.6. The Morgan fingerprint density at radius 1 is 1.56 bits per heavy atom. The molecule has 0 unspecified atom stereocenters. The molecule has 0 aliphatic carbocycles.